The highest BCUT2D eigenvalue weighted by molar-refractivity contribution is 7.86. The van der Waals surface area contributed by atoms with Crippen LogP contribution in [0.15, 0.2) is 97.1 Å². The highest BCUT2D eigenvalue weighted by Crippen LogP contribution is 2.35. The molecule has 0 amide bonds. The van der Waals surface area contributed by atoms with Crippen LogP contribution in [0.4, 0.5) is 13.2 Å². The molecule has 1 N–H and O–H groups in total. The van der Waals surface area contributed by atoms with Crippen molar-refractivity contribution in [3.05, 3.63) is 146 Å². The average Bonchev–Trinajstić information content (AvgIpc) is 3.21. The first-order chi connectivity index (χ1) is 23.7. The third kappa shape index (κ3) is 13.3. The van der Waals surface area contributed by atoms with Gasteiger partial charge in [-0.3, -0.25) is 4.55 Å². The zero-order valence-electron chi connectivity index (χ0n) is 28.4. The van der Waals surface area contributed by atoms with E-state index < -0.39 is 15.6 Å². The third-order valence-corrected chi connectivity index (χ3v) is 8.79. The second-order valence-electron chi connectivity index (χ2n) is 11.9. The molecule has 4 aromatic carbocycles. The molecule has 0 unspecified atom stereocenters. The van der Waals surface area contributed by atoms with Crippen LogP contribution in [-0.4, -0.2) is 44.0 Å². The molecule has 0 atom stereocenters. The van der Waals surface area contributed by atoms with Gasteiger partial charge in [0.2, 0.25) is 0 Å². The van der Waals surface area contributed by atoms with Crippen LogP contribution in [-0.2, 0) is 35.8 Å². The van der Waals surface area contributed by atoms with Gasteiger partial charge < -0.3 is 4.90 Å². The van der Waals surface area contributed by atoms with Gasteiger partial charge in [-0.05, 0) is 122 Å². The van der Waals surface area contributed by atoms with Gasteiger partial charge in [0.05, 0.1) is 0 Å². The van der Waals surface area contributed by atoms with Crippen molar-refractivity contribution >= 4 is 38.9 Å². The number of alkyl halides is 3. The van der Waals surface area contributed by atoms with Crippen LogP contribution in [0.1, 0.15) is 65.1 Å². The summed E-state index contributed by atoms with van der Waals surface area (Å²) in [5.74, 6) is 6.49. The second-order valence-corrected chi connectivity index (χ2v) is 14.2. The van der Waals surface area contributed by atoms with Gasteiger partial charge in [0.25, 0.3) is 0 Å². The standard InChI is InChI=1S/C20H22ClN.C19H19Cl.CHF3O3S/c1-22(2)13-5-8-20-18-7-4-3-6-15(18)9-10-16-14-17(21)11-12-19(16)20;1-2-3-5-10-17-13-14-19(20)15-18(17)12-11-16-8-6-4-7-9-16;2-1(3,4)8(5,6)7/h3-4,6-8,11-12,14H,5,9-10,13H2,1-2H3;4,6-9,13-15H,2-3,11-12H2,1H3;(H,5,6,7). The van der Waals surface area contributed by atoms with Crippen molar-refractivity contribution < 1.29 is 26.1 Å². The van der Waals surface area contributed by atoms with E-state index in [2.05, 4.69) is 104 Å². The molecule has 0 saturated carbocycles. The van der Waals surface area contributed by atoms with Crippen LogP contribution in [0.5, 0.6) is 0 Å². The number of hydrogen-bond acceptors (Lipinski definition) is 3. The van der Waals surface area contributed by atoms with Crippen molar-refractivity contribution in [1.29, 1.82) is 0 Å². The van der Waals surface area contributed by atoms with Crippen LogP contribution in [0.25, 0.3) is 5.57 Å². The summed E-state index contributed by atoms with van der Waals surface area (Å²) >= 11 is 12.3. The summed E-state index contributed by atoms with van der Waals surface area (Å²) in [7, 11) is -1.60. The molecule has 0 fully saturated rings. The van der Waals surface area contributed by atoms with Gasteiger partial charge in [0.1, 0.15) is 0 Å². The average molecular weight is 745 g/mol. The molecule has 10 heteroatoms. The molecule has 0 heterocycles. The lowest BCUT2D eigenvalue weighted by molar-refractivity contribution is -0.0510. The highest BCUT2D eigenvalue weighted by atomic mass is 35.5. The molecule has 0 aliphatic heterocycles. The van der Waals surface area contributed by atoms with Crippen molar-refractivity contribution in [2.75, 3.05) is 20.6 Å². The number of fused-ring (bicyclic) bond motifs is 2. The molecule has 0 bridgehead atoms. The first-order valence-corrected chi connectivity index (χ1v) is 18.5. The lowest BCUT2D eigenvalue weighted by Gasteiger charge is -2.13. The van der Waals surface area contributed by atoms with Crippen LogP contribution in [0, 0.1) is 11.8 Å². The summed E-state index contributed by atoms with van der Waals surface area (Å²) in [5.41, 5.74) is 5.04. The Hall–Kier alpha value is -3.58. The van der Waals surface area contributed by atoms with E-state index in [9.17, 15) is 13.2 Å². The number of halogens is 5. The van der Waals surface area contributed by atoms with Crippen molar-refractivity contribution in [1.82, 2.24) is 4.90 Å². The first kappa shape index (κ1) is 40.8. The maximum Gasteiger partial charge on any atom is 0.522 e. The highest BCUT2D eigenvalue weighted by Gasteiger charge is 2.44. The fraction of sp³-hybridized carbons (Fsp3) is 0.300. The molecule has 266 valence electrons. The van der Waals surface area contributed by atoms with Crippen molar-refractivity contribution in [2.24, 2.45) is 0 Å². The predicted molar refractivity (Wildman–Crippen MR) is 200 cm³/mol. The van der Waals surface area contributed by atoms with E-state index >= 15 is 0 Å². The second kappa shape index (κ2) is 19.7. The Balaban J connectivity index is 0.000000224. The normalized spacial score (nSPS) is 13.0. The monoisotopic (exact) mass is 743 g/mol. The molecule has 4 aromatic rings. The molecule has 1 aliphatic carbocycles. The van der Waals surface area contributed by atoms with E-state index in [1.165, 1.54) is 39.0 Å². The van der Waals surface area contributed by atoms with Crippen molar-refractivity contribution in [2.45, 2.75) is 57.4 Å². The Morgan fingerprint density at radius 1 is 0.840 bits per heavy atom. The molecule has 0 aromatic heterocycles. The molecule has 0 spiro atoms. The Morgan fingerprint density at radius 3 is 2.10 bits per heavy atom. The third-order valence-electron chi connectivity index (χ3n) is 7.74. The molecule has 5 rings (SSSR count). The zero-order chi connectivity index (χ0) is 36.7. The van der Waals surface area contributed by atoms with Crippen molar-refractivity contribution in [3.8, 4) is 11.8 Å². The molecular formula is C40H42Cl2F3NO3S. The Bertz CT molecular complexity index is 1900. The predicted octanol–water partition coefficient (Wildman–Crippen LogP) is 10.5. The van der Waals surface area contributed by atoms with Crippen molar-refractivity contribution in [3.63, 3.8) is 0 Å². The maximum absolute atomic E-state index is 10.7. The van der Waals surface area contributed by atoms with Crippen LogP contribution >= 0.6 is 23.2 Å². The van der Waals surface area contributed by atoms with E-state index in [-0.39, 0.29) is 0 Å². The van der Waals surface area contributed by atoms with Crippen LogP contribution < -0.4 is 0 Å². The number of hydrogen-bond donors (Lipinski definition) is 1. The number of nitrogens with zero attached hydrogens (tertiary/aromatic N) is 1. The van der Waals surface area contributed by atoms with E-state index in [0.29, 0.717) is 0 Å². The lowest BCUT2D eigenvalue weighted by atomic mass is 9.93. The first-order valence-electron chi connectivity index (χ1n) is 16.3. The summed E-state index contributed by atoms with van der Waals surface area (Å²) in [5, 5.41) is 1.62. The minimum atomic E-state index is -5.84. The Morgan fingerprint density at radius 2 is 1.44 bits per heavy atom. The van der Waals surface area contributed by atoms with Gasteiger partial charge in [-0.2, -0.15) is 21.6 Å². The summed E-state index contributed by atoms with van der Waals surface area (Å²) < 4.78 is 57.5. The van der Waals surface area contributed by atoms with E-state index in [4.69, 9.17) is 36.2 Å². The summed E-state index contributed by atoms with van der Waals surface area (Å²) in [6.07, 6.45) is 9.60. The minimum Gasteiger partial charge on any atom is -0.309 e. The smallest absolute Gasteiger partial charge is 0.309 e. The van der Waals surface area contributed by atoms with Gasteiger partial charge in [-0.1, -0.05) is 109 Å². The number of rotatable bonds is 7. The van der Waals surface area contributed by atoms with Crippen LogP contribution in [0.3, 0.4) is 0 Å². The summed E-state index contributed by atoms with van der Waals surface area (Å²) in [6, 6.07) is 31.6. The number of benzene rings is 4. The molecular weight excluding hydrogens is 702 g/mol. The summed E-state index contributed by atoms with van der Waals surface area (Å²) in [6.45, 7) is 3.21. The fourth-order valence-electron chi connectivity index (χ4n) is 5.23. The van der Waals surface area contributed by atoms with Gasteiger partial charge in [0.15, 0.2) is 0 Å². The quantitative estimate of drug-likeness (QED) is 0.116. The molecule has 50 heavy (non-hydrogen) atoms. The topological polar surface area (TPSA) is 57.6 Å². The maximum atomic E-state index is 10.7. The Kier molecular flexibility index (Phi) is 16.1. The summed E-state index contributed by atoms with van der Waals surface area (Å²) in [4.78, 5) is 2.22. The molecule has 0 radical (unpaired) electrons. The minimum absolute atomic E-state index is 0.786. The van der Waals surface area contributed by atoms with Gasteiger partial charge in [-0.25, -0.2) is 0 Å². The SMILES string of the molecule is CCCC#Cc1ccc(Cl)cc1CCc1ccccc1.CN(C)CCC=C1c2ccccc2CCc2cc(Cl)ccc21.O=S(=O)(O)C(F)(F)F. The van der Waals surface area contributed by atoms with E-state index in [0.717, 1.165) is 67.1 Å². The number of aryl methyl sites for hydroxylation is 4. The van der Waals surface area contributed by atoms with E-state index in [1.807, 2.05) is 30.3 Å². The molecule has 0 saturated heterocycles. The number of unbranched alkanes of at least 4 members (excludes halogenated alkanes) is 1. The Labute approximate surface area is 304 Å². The molecule has 1 aliphatic rings. The zero-order valence-corrected chi connectivity index (χ0v) is 30.7. The van der Waals surface area contributed by atoms with Gasteiger partial charge in [-0.15, -0.1) is 0 Å². The van der Waals surface area contributed by atoms with Gasteiger partial charge >= 0.3 is 15.6 Å². The largest absolute Gasteiger partial charge is 0.522 e. The van der Waals surface area contributed by atoms with E-state index in [1.54, 1.807) is 0 Å². The van der Waals surface area contributed by atoms with Crippen LogP contribution in [0.2, 0.25) is 10.0 Å². The molecule has 4 nitrogen and oxygen atoms in total. The lowest BCUT2D eigenvalue weighted by Crippen LogP contribution is -2.21. The van der Waals surface area contributed by atoms with Gasteiger partial charge in [0, 0.05) is 28.6 Å². The fourth-order valence-corrected chi connectivity index (χ4v) is 5.62.